The number of esters is 1. The summed E-state index contributed by atoms with van der Waals surface area (Å²) in [4.78, 5) is 42.3. The predicted molar refractivity (Wildman–Crippen MR) is 141 cm³/mol. The van der Waals surface area contributed by atoms with Gasteiger partial charge in [-0.1, -0.05) is 0 Å². The third kappa shape index (κ3) is 5.70. The minimum absolute atomic E-state index is 0.0595. The highest BCUT2D eigenvalue weighted by Gasteiger charge is 2.29. The topological polar surface area (TPSA) is 108 Å². The van der Waals surface area contributed by atoms with Crippen molar-refractivity contribution in [3.8, 4) is 0 Å². The SMILES string of the molecule is CCN(CC)C(=O)c1sc(NC(=S)N2CCN(c3ccc([N+](=O)[O-])cc3)CC2)c(C(=O)OC)c1C. The van der Waals surface area contributed by atoms with Crippen molar-refractivity contribution in [3.63, 3.8) is 0 Å². The molecule has 35 heavy (non-hydrogen) atoms. The smallest absolute Gasteiger partial charge is 0.341 e. The second kappa shape index (κ2) is 11.5. The van der Waals surface area contributed by atoms with Gasteiger partial charge in [0.1, 0.15) is 5.00 Å². The Morgan fingerprint density at radius 3 is 2.29 bits per heavy atom. The fourth-order valence-electron chi connectivity index (χ4n) is 3.94. The van der Waals surface area contributed by atoms with Crippen LogP contribution in [0.2, 0.25) is 0 Å². The Hall–Kier alpha value is -3.25. The summed E-state index contributed by atoms with van der Waals surface area (Å²) in [6.45, 7) is 9.33. The second-order valence-corrected chi connectivity index (χ2v) is 9.31. The molecule has 1 aliphatic heterocycles. The standard InChI is InChI=1S/C23H29N5O5S2/c1-5-25(6-2)21(29)19-15(3)18(22(30)33-4)20(35-19)24-23(34)27-13-11-26(12-14-27)16-7-9-17(10-8-16)28(31)32/h7-10H,5-6,11-14H2,1-4H3,(H,24,34). The number of ether oxygens (including phenoxy) is 1. The van der Waals surface area contributed by atoms with E-state index >= 15 is 0 Å². The summed E-state index contributed by atoms with van der Waals surface area (Å²) >= 11 is 6.84. The zero-order valence-corrected chi connectivity index (χ0v) is 21.8. The number of anilines is 2. The maximum absolute atomic E-state index is 13.0. The summed E-state index contributed by atoms with van der Waals surface area (Å²) in [7, 11) is 1.31. The lowest BCUT2D eigenvalue weighted by Crippen LogP contribution is -2.50. The molecule has 1 N–H and O–H groups in total. The van der Waals surface area contributed by atoms with E-state index in [-0.39, 0.29) is 11.6 Å². The number of thiophene rings is 1. The molecular weight excluding hydrogens is 490 g/mol. The van der Waals surface area contributed by atoms with Crippen molar-refractivity contribution in [2.45, 2.75) is 20.8 Å². The second-order valence-electron chi connectivity index (χ2n) is 7.91. The van der Waals surface area contributed by atoms with E-state index in [1.54, 1.807) is 24.0 Å². The summed E-state index contributed by atoms with van der Waals surface area (Å²) in [5.41, 5.74) is 1.87. The van der Waals surface area contributed by atoms with Gasteiger partial charge in [-0.2, -0.15) is 0 Å². The molecule has 1 aromatic carbocycles. The first-order valence-corrected chi connectivity index (χ1v) is 12.5. The van der Waals surface area contributed by atoms with Crippen LogP contribution in [0.15, 0.2) is 24.3 Å². The molecule has 1 aliphatic rings. The van der Waals surface area contributed by atoms with E-state index in [1.165, 1.54) is 30.6 Å². The minimum atomic E-state index is -0.523. The maximum atomic E-state index is 13.0. The molecule has 0 radical (unpaired) electrons. The molecule has 0 aliphatic carbocycles. The largest absolute Gasteiger partial charge is 0.465 e. The molecule has 1 fully saturated rings. The van der Waals surface area contributed by atoms with Crippen LogP contribution in [-0.4, -0.2) is 78.1 Å². The average Bonchev–Trinajstić information content (AvgIpc) is 3.19. The van der Waals surface area contributed by atoms with Gasteiger partial charge in [-0.15, -0.1) is 11.3 Å². The Labute approximate surface area is 213 Å². The Morgan fingerprint density at radius 2 is 1.77 bits per heavy atom. The number of thiocarbonyl (C=S) groups is 1. The predicted octanol–water partition coefficient (Wildman–Crippen LogP) is 3.75. The molecule has 2 aromatic rings. The van der Waals surface area contributed by atoms with Gasteiger partial charge >= 0.3 is 5.97 Å². The molecule has 188 valence electrons. The van der Waals surface area contributed by atoms with Crippen LogP contribution in [0.5, 0.6) is 0 Å². The molecule has 0 unspecified atom stereocenters. The van der Waals surface area contributed by atoms with E-state index in [0.717, 1.165) is 5.69 Å². The highest BCUT2D eigenvalue weighted by molar-refractivity contribution is 7.80. The van der Waals surface area contributed by atoms with Crippen LogP contribution in [-0.2, 0) is 4.74 Å². The van der Waals surface area contributed by atoms with E-state index in [9.17, 15) is 19.7 Å². The molecule has 0 saturated carbocycles. The van der Waals surface area contributed by atoms with Crippen LogP contribution in [0.1, 0.15) is 39.4 Å². The normalized spacial score (nSPS) is 13.4. The first kappa shape index (κ1) is 26.4. The first-order chi connectivity index (χ1) is 16.7. The van der Waals surface area contributed by atoms with Crippen LogP contribution >= 0.6 is 23.6 Å². The van der Waals surface area contributed by atoms with Crippen molar-refractivity contribution in [3.05, 3.63) is 50.4 Å². The van der Waals surface area contributed by atoms with Crippen molar-refractivity contribution in [2.75, 3.05) is 56.6 Å². The van der Waals surface area contributed by atoms with Crippen molar-refractivity contribution in [1.82, 2.24) is 9.80 Å². The van der Waals surface area contributed by atoms with Gasteiger partial charge in [0.15, 0.2) is 5.11 Å². The molecular formula is C23H29N5O5S2. The Kier molecular flexibility index (Phi) is 8.62. The fraction of sp³-hybridized carbons (Fsp3) is 0.435. The van der Waals surface area contributed by atoms with Gasteiger partial charge < -0.3 is 24.8 Å². The van der Waals surface area contributed by atoms with Crippen LogP contribution < -0.4 is 10.2 Å². The summed E-state index contributed by atoms with van der Waals surface area (Å²) in [6.07, 6.45) is 0. The molecule has 1 saturated heterocycles. The number of methoxy groups -OCH3 is 1. The number of benzene rings is 1. The Bertz CT molecular complexity index is 1110. The number of nitrogens with zero attached hydrogens (tertiary/aromatic N) is 4. The van der Waals surface area contributed by atoms with E-state index in [1.807, 2.05) is 18.7 Å². The number of carbonyl (C=O) groups is 2. The van der Waals surface area contributed by atoms with Gasteiger partial charge in [0.2, 0.25) is 0 Å². The zero-order chi connectivity index (χ0) is 25.7. The molecule has 0 atom stereocenters. The zero-order valence-electron chi connectivity index (χ0n) is 20.2. The van der Waals surface area contributed by atoms with E-state index in [0.29, 0.717) is 65.4 Å². The van der Waals surface area contributed by atoms with E-state index in [2.05, 4.69) is 10.2 Å². The fourth-order valence-corrected chi connectivity index (χ4v) is 5.45. The van der Waals surface area contributed by atoms with Crippen molar-refractivity contribution < 1.29 is 19.2 Å². The van der Waals surface area contributed by atoms with Gasteiger partial charge in [-0.25, -0.2) is 4.79 Å². The Balaban J connectivity index is 1.72. The molecule has 1 aromatic heterocycles. The van der Waals surface area contributed by atoms with Gasteiger partial charge in [-0.3, -0.25) is 14.9 Å². The number of nitro benzene ring substituents is 1. The van der Waals surface area contributed by atoms with Crippen LogP contribution in [0.3, 0.4) is 0 Å². The number of hydrogen-bond donors (Lipinski definition) is 1. The lowest BCUT2D eigenvalue weighted by Gasteiger charge is -2.37. The number of non-ortho nitro benzene ring substituents is 1. The molecule has 0 spiro atoms. The number of carbonyl (C=O) groups excluding carboxylic acids is 2. The molecule has 2 heterocycles. The molecule has 10 nitrogen and oxygen atoms in total. The van der Waals surface area contributed by atoms with Crippen LogP contribution in [0.25, 0.3) is 0 Å². The molecule has 3 rings (SSSR count). The minimum Gasteiger partial charge on any atom is -0.465 e. The number of nitro groups is 1. The first-order valence-electron chi connectivity index (χ1n) is 11.3. The summed E-state index contributed by atoms with van der Waals surface area (Å²) in [6, 6.07) is 6.49. The number of hydrogen-bond acceptors (Lipinski definition) is 8. The lowest BCUT2D eigenvalue weighted by molar-refractivity contribution is -0.384. The number of rotatable bonds is 7. The van der Waals surface area contributed by atoms with Crippen LogP contribution in [0.4, 0.5) is 16.4 Å². The average molecular weight is 520 g/mol. The molecule has 12 heteroatoms. The summed E-state index contributed by atoms with van der Waals surface area (Å²) in [5.74, 6) is -0.649. The third-order valence-corrected chi connectivity index (χ3v) is 7.55. The number of piperazine rings is 1. The highest BCUT2D eigenvalue weighted by Crippen LogP contribution is 2.35. The third-order valence-electron chi connectivity index (χ3n) is 5.99. The van der Waals surface area contributed by atoms with Crippen molar-refractivity contribution in [1.29, 1.82) is 0 Å². The lowest BCUT2D eigenvalue weighted by atomic mass is 10.1. The van der Waals surface area contributed by atoms with Crippen molar-refractivity contribution in [2.24, 2.45) is 0 Å². The Morgan fingerprint density at radius 1 is 1.17 bits per heavy atom. The number of amides is 1. The summed E-state index contributed by atoms with van der Waals surface area (Å²) < 4.78 is 4.97. The van der Waals surface area contributed by atoms with E-state index < -0.39 is 10.9 Å². The maximum Gasteiger partial charge on any atom is 0.341 e. The van der Waals surface area contributed by atoms with Crippen molar-refractivity contribution >= 4 is 56.9 Å². The summed E-state index contributed by atoms with van der Waals surface area (Å²) in [5, 5.41) is 15.0. The van der Waals surface area contributed by atoms with Gasteiger partial charge in [0, 0.05) is 57.1 Å². The quantitative estimate of drug-likeness (QED) is 0.253. The number of nitrogens with one attached hydrogen (secondary N) is 1. The molecule has 0 bridgehead atoms. The van der Waals surface area contributed by atoms with Gasteiger partial charge in [0.25, 0.3) is 11.6 Å². The van der Waals surface area contributed by atoms with Crippen LogP contribution in [0, 0.1) is 17.0 Å². The highest BCUT2D eigenvalue weighted by atomic mass is 32.1. The monoisotopic (exact) mass is 519 g/mol. The van der Waals surface area contributed by atoms with Gasteiger partial charge in [-0.05, 0) is 50.7 Å². The van der Waals surface area contributed by atoms with E-state index in [4.69, 9.17) is 17.0 Å². The van der Waals surface area contributed by atoms with Gasteiger partial charge in [0.05, 0.1) is 22.5 Å². The molecule has 1 amide bonds.